The van der Waals surface area contributed by atoms with Gasteiger partial charge in [-0.3, -0.25) is 9.79 Å². The third-order valence-corrected chi connectivity index (χ3v) is 9.46. The first-order chi connectivity index (χ1) is 14.9. The Hall–Kier alpha value is -1.41. The smallest absolute Gasteiger partial charge is 0.193 e. The molecule has 7 heteroatoms. The van der Waals surface area contributed by atoms with E-state index in [1.54, 1.807) is 20.9 Å². The van der Waals surface area contributed by atoms with Crippen LogP contribution in [0.15, 0.2) is 28.8 Å². The van der Waals surface area contributed by atoms with Gasteiger partial charge in [-0.25, -0.2) is 4.39 Å². The van der Waals surface area contributed by atoms with E-state index in [1.165, 1.54) is 0 Å². The average Bonchev–Trinajstić information content (AvgIpc) is 3.14. The molecule has 6 nitrogen and oxygen atoms in total. The van der Waals surface area contributed by atoms with Crippen LogP contribution in [-0.2, 0) is 14.3 Å². The van der Waals surface area contributed by atoms with Crippen LogP contribution in [0.25, 0.3) is 0 Å². The molecule has 0 aromatic carbocycles. The van der Waals surface area contributed by atoms with Gasteiger partial charge in [-0.1, -0.05) is 18.6 Å². The minimum Gasteiger partial charge on any atom is -0.390 e. The lowest BCUT2D eigenvalue weighted by atomic mass is 9.44. The Morgan fingerprint density at radius 3 is 2.66 bits per heavy atom. The molecule has 3 saturated carbocycles. The van der Waals surface area contributed by atoms with Crippen LogP contribution < -0.4 is 0 Å². The van der Waals surface area contributed by atoms with E-state index < -0.39 is 58.4 Å². The molecule has 0 aromatic heterocycles. The van der Waals surface area contributed by atoms with Gasteiger partial charge in [0, 0.05) is 23.8 Å². The second-order valence-electron chi connectivity index (χ2n) is 11.2. The predicted molar refractivity (Wildman–Crippen MR) is 117 cm³/mol. The Balaban J connectivity index is 1.62. The Morgan fingerprint density at radius 2 is 2.00 bits per heavy atom. The van der Waals surface area contributed by atoms with Crippen molar-refractivity contribution in [3.05, 3.63) is 23.8 Å². The summed E-state index contributed by atoms with van der Waals surface area (Å²) >= 11 is 0. The maximum Gasteiger partial charge on any atom is 0.193 e. The number of aliphatic hydroxyl groups excluding tert-OH is 2. The predicted octanol–water partition coefficient (Wildman–Crippen LogP) is 2.92. The van der Waals surface area contributed by atoms with Gasteiger partial charge >= 0.3 is 0 Å². The highest BCUT2D eigenvalue weighted by Crippen LogP contribution is 2.72. The lowest BCUT2D eigenvalue weighted by molar-refractivity contribution is -0.246. The number of ketones is 1. The van der Waals surface area contributed by atoms with Gasteiger partial charge in [0.1, 0.15) is 6.61 Å². The normalized spacial score (nSPS) is 52.1. The van der Waals surface area contributed by atoms with E-state index in [2.05, 4.69) is 4.99 Å². The summed E-state index contributed by atoms with van der Waals surface area (Å²) in [7, 11) is 1.72. The molecule has 0 radical (unpaired) electrons. The van der Waals surface area contributed by atoms with Gasteiger partial charge in [-0.05, 0) is 64.5 Å². The summed E-state index contributed by atoms with van der Waals surface area (Å²) in [5, 5.41) is 21.3. The summed E-state index contributed by atoms with van der Waals surface area (Å²) in [6.45, 7) is 6.64. The third-order valence-electron chi connectivity index (χ3n) is 9.46. The topological polar surface area (TPSA) is 88.4 Å². The Kier molecular flexibility index (Phi) is 4.61. The number of Topliss-reactive ketones (excluding diaryl/α,β-unsaturated/α-hetero) is 1. The van der Waals surface area contributed by atoms with Crippen molar-refractivity contribution in [2.75, 3.05) is 13.7 Å². The summed E-state index contributed by atoms with van der Waals surface area (Å²) in [6.07, 6.45) is 5.59. The summed E-state index contributed by atoms with van der Waals surface area (Å²) in [5.74, 6) is -2.12. The van der Waals surface area contributed by atoms with Gasteiger partial charge in [0.25, 0.3) is 0 Å². The van der Waals surface area contributed by atoms with Crippen molar-refractivity contribution in [1.82, 2.24) is 0 Å². The number of alkyl halides is 1. The molecular weight excluding hydrogens is 413 g/mol. The Morgan fingerprint density at radius 1 is 1.28 bits per heavy atom. The quantitative estimate of drug-likeness (QED) is 0.680. The number of halogens is 1. The monoisotopic (exact) mass is 447 g/mol. The molecule has 0 aromatic rings. The number of hydrogen-bond donors (Lipinski definition) is 2. The SMILES string of the molecule is CN=C1C=C[C@@]2(C)C(=C1)CC[C@H]1[C@@H]3C[C@H]4OC(C)(C)O[C@@]4(C(=O)CO)[C@@]3(C)C[C@H](O)[C@@]12F. The minimum absolute atomic E-state index is 0.0672. The van der Waals surface area contributed by atoms with Crippen molar-refractivity contribution < 1.29 is 28.9 Å². The Labute approximate surface area is 188 Å². The van der Waals surface area contributed by atoms with Crippen LogP contribution in [0.1, 0.15) is 53.4 Å². The van der Waals surface area contributed by atoms with Crippen LogP contribution in [0.5, 0.6) is 0 Å². The Bertz CT molecular complexity index is 958. The maximum absolute atomic E-state index is 17.3. The number of nitrogens with zero attached hydrogens (tertiary/aromatic N) is 1. The first kappa shape index (κ1) is 22.4. The van der Waals surface area contributed by atoms with Crippen molar-refractivity contribution in [2.45, 2.75) is 82.6 Å². The highest BCUT2D eigenvalue weighted by atomic mass is 19.1. The molecule has 0 bridgehead atoms. The zero-order valence-electron chi connectivity index (χ0n) is 19.5. The highest BCUT2D eigenvalue weighted by Gasteiger charge is 2.79. The maximum atomic E-state index is 17.3. The van der Waals surface area contributed by atoms with E-state index in [0.717, 1.165) is 11.3 Å². The number of carbonyl (C=O) groups is 1. The van der Waals surface area contributed by atoms with E-state index in [-0.39, 0.29) is 12.3 Å². The number of allylic oxidation sites excluding steroid dienone is 4. The van der Waals surface area contributed by atoms with Gasteiger partial charge in [0.15, 0.2) is 22.8 Å². The molecule has 1 saturated heterocycles. The first-order valence-electron chi connectivity index (χ1n) is 11.7. The van der Waals surface area contributed by atoms with Gasteiger partial charge in [-0.2, -0.15) is 0 Å². The molecule has 5 aliphatic rings. The van der Waals surface area contributed by atoms with Crippen LogP contribution >= 0.6 is 0 Å². The second kappa shape index (κ2) is 6.59. The molecule has 1 aliphatic heterocycles. The fourth-order valence-electron chi connectivity index (χ4n) is 8.08. The summed E-state index contributed by atoms with van der Waals surface area (Å²) in [6, 6.07) is 0. The molecule has 8 atom stereocenters. The number of rotatable bonds is 2. The van der Waals surface area contributed by atoms with E-state index in [4.69, 9.17) is 9.47 Å². The third kappa shape index (κ3) is 2.38. The minimum atomic E-state index is -1.88. The van der Waals surface area contributed by atoms with Crippen LogP contribution in [0.4, 0.5) is 4.39 Å². The molecule has 0 spiro atoms. The summed E-state index contributed by atoms with van der Waals surface area (Å²) in [4.78, 5) is 17.5. The van der Waals surface area contributed by atoms with Crippen molar-refractivity contribution in [3.8, 4) is 0 Å². The molecule has 5 rings (SSSR count). The number of hydrogen-bond acceptors (Lipinski definition) is 6. The largest absolute Gasteiger partial charge is 0.390 e. The van der Waals surface area contributed by atoms with Crippen LogP contribution in [-0.4, -0.2) is 64.6 Å². The van der Waals surface area contributed by atoms with Crippen molar-refractivity contribution in [3.63, 3.8) is 0 Å². The van der Waals surface area contributed by atoms with Gasteiger partial charge < -0.3 is 19.7 Å². The van der Waals surface area contributed by atoms with Crippen LogP contribution in [0, 0.1) is 22.7 Å². The molecule has 2 N–H and O–H groups in total. The molecule has 4 fully saturated rings. The van der Waals surface area contributed by atoms with Crippen molar-refractivity contribution in [1.29, 1.82) is 0 Å². The molecule has 0 unspecified atom stereocenters. The van der Waals surface area contributed by atoms with Crippen LogP contribution in [0.2, 0.25) is 0 Å². The number of carbonyl (C=O) groups excluding carboxylic acids is 1. The molecule has 0 amide bonds. The van der Waals surface area contributed by atoms with Crippen molar-refractivity contribution in [2.24, 2.45) is 27.7 Å². The summed E-state index contributed by atoms with van der Waals surface area (Å²) in [5.41, 5.74) is -3.31. The second-order valence-corrected chi connectivity index (χ2v) is 11.2. The standard InChI is InChI=1S/C25H34FNO5/c1-21(2)31-20-11-17-16-7-6-14-10-15(27-5)8-9-22(14,3)24(16,26)18(29)12-23(17,4)25(20,32-21)19(30)13-28/h8-10,16-18,20,28-29H,6-7,11-13H2,1-5H3/t16-,17-,18-,20+,22-,23-,24-,25+/m0/s1. The average molecular weight is 448 g/mol. The number of aliphatic hydroxyl groups is 2. The fourth-order valence-corrected chi connectivity index (χ4v) is 8.08. The van der Waals surface area contributed by atoms with E-state index in [1.807, 2.05) is 32.1 Å². The number of fused-ring (bicyclic) bond motifs is 7. The van der Waals surface area contributed by atoms with Gasteiger partial charge in [-0.15, -0.1) is 0 Å². The number of ether oxygens (including phenoxy) is 2. The van der Waals surface area contributed by atoms with Crippen molar-refractivity contribution >= 4 is 11.5 Å². The van der Waals surface area contributed by atoms with E-state index in [0.29, 0.717) is 19.3 Å². The van der Waals surface area contributed by atoms with E-state index in [9.17, 15) is 15.0 Å². The zero-order chi connectivity index (χ0) is 23.3. The van der Waals surface area contributed by atoms with Gasteiger partial charge in [0.2, 0.25) is 0 Å². The molecule has 176 valence electrons. The fraction of sp³-hybridized carbons (Fsp3) is 0.760. The molecule has 4 aliphatic carbocycles. The first-order valence-corrected chi connectivity index (χ1v) is 11.7. The zero-order valence-corrected chi connectivity index (χ0v) is 19.5. The lowest BCUT2D eigenvalue weighted by Gasteiger charge is -2.62. The molecular formula is C25H34FNO5. The van der Waals surface area contributed by atoms with Gasteiger partial charge in [0.05, 0.1) is 17.9 Å². The summed E-state index contributed by atoms with van der Waals surface area (Å²) < 4.78 is 29.8. The molecule has 1 heterocycles. The lowest BCUT2D eigenvalue weighted by Crippen LogP contribution is -2.70. The highest BCUT2D eigenvalue weighted by molar-refractivity contribution is 6.05. The van der Waals surface area contributed by atoms with E-state index >= 15 is 4.39 Å². The number of aliphatic imine (C=N–C) groups is 1. The van der Waals surface area contributed by atoms with Crippen LogP contribution in [0.3, 0.4) is 0 Å². The molecule has 32 heavy (non-hydrogen) atoms.